The minimum absolute atomic E-state index is 0.0262. The minimum Gasteiger partial charge on any atom is -0.342 e. The van der Waals surface area contributed by atoms with Crippen LogP contribution in [0.2, 0.25) is 0 Å². The molecule has 0 fully saturated rings. The van der Waals surface area contributed by atoms with Crippen molar-refractivity contribution in [1.29, 1.82) is 0 Å². The normalized spacial score (nSPS) is 11.6. The summed E-state index contributed by atoms with van der Waals surface area (Å²) < 4.78 is 15.5. The number of hydrogen-bond donors (Lipinski definition) is 2. The second-order valence-electron chi connectivity index (χ2n) is 7.17. The van der Waals surface area contributed by atoms with Crippen molar-refractivity contribution >= 4 is 35.0 Å². The largest absolute Gasteiger partial charge is 0.342 e. The van der Waals surface area contributed by atoms with E-state index in [0.29, 0.717) is 22.2 Å². The van der Waals surface area contributed by atoms with E-state index in [9.17, 15) is 24.1 Å². The molecule has 1 aromatic heterocycles. The van der Waals surface area contributed by atoms with Crippen LogP contribution in [0.25, 0.3) is 0 Å². The Morgan fingerprint density at radius 3 is 2.64 bits per heavy atom. The lowest BCUT2D eigenvalue weighted by atomic mass is 10.2. The molecule has 0 bridgehead atoms. The van der Waals surface area contributed by atoms with Crippen molar-refractivity contribution in [3.63, 3.8) is 0 Å². The number of non-ortho nitro benzene ring substituents is 1. The number of nitrogens with zero attached hydrogens (tertiary/aromatic N) is 4. The summed E-state index contributed by atoms with van der Waals surface area (Å²) in [5.74, 6) is -1.05. The Balaban J connectivity index is 1.59. The molecule has 1 atom stereocenters. The van der Waals surface area contributed by atoms with E-state index in [4.69, 9.17) is 0 Å². The van der Waals surface area contributed by atoms with E-state index < -0.39 is 22.7 Å². The Kier molecular flexibility index (Phi) is 7.38. The van der Waals surface area contributed by atoms with Crippen molar-refractivity contribution in [3.8, 4) is 0 Å². The van der Waals surface area contributed by atoms with Crippen LogP contribution in [-0.4, -0.2) is 37.3 Å². The molecule has 0 aliphatic carbocycles. The number of nitro benzene ring substituents is 1. The number of anilines is 1. The summed E-state index contributed by atoms with van der Waals surface area (Å²) in [5.41, 5.74) is 0.930. The van der Waals surface area contributed by atoms with Gasteiger partial charge < -0.3 is 15.2 Å². The Morgan fingerprint density at radius 1 is 1.24 bits per heavy atom. The predicted molar refractivity (Wildman–Crippen MR) is 120 cm³/mol. The van der Waals surface area contributed by atoms with Gasteiger partial charge in [0.2, 0.25) is 5.91 Å². The molecule has 0 saturated heterocycles. The molecule has 1 heterocycles. The highest BCUT2D eigenvalue weighted by Crippen LogP contribution is 2.23. The number of thioether (sulfide) groups is 1. The van der Waals surface area contributed by atoms with Gasteiger partial charge in [0.25, 0.3) is 11.6 Å². The molecule has 172 valence electrons. The van der Waals surface area contributed by atoms with Crippen LogP contribution in [0.5, 0.6) is 0 Å². The number of hydrogen-bond acceptors (Lipinski definition) is 7. The van der Waals surface area contributed by atoms with Gasteiger partial charge >= 0.3 is 0 Å². The van der Waals surface area contributed by atoms with Crippen LogP contribution in [0.15, 0.2) is 47.6 Å². The summed E-state index contributed by atoms with van der Waals surface area (Å²) in [7, 11) is 1.70. The fourth-order valence-electron chi connectivity index (χ4n) is 3.03. The molecule has 3 aromatic rings. The number of aromatic nitrogens is 3. The standard InChI is InChI=1S/C21H21FN6O4S/c1-12-10-14(28(31)32)8-9-17(12)24-18(29)11-33-21-26-25-19(27(21)3)13(2)23-20(30)15-6-4-5-7-16(15)22/h4-10,13H,11H2,1-3H3,(H,23,30)(H,24,29). The second kappa shape index (κ2) is 10.2. The summed E-state index contributed by atoms with van der Waals surface area (Å²) >= 11 is 1.14. The summed E-state index contributed by atoms with van der Waals surface area (Å²) in [5, 5.41) is 24.8. The van der Waals surface area contributed by atoms with E-state index in [1.807, 2.05) is 0 Å². The third-order valence-corrected chi connectivity index (χ3v) is 5.77. The van der Waals surface area contributed by atoms with Gasteiger partial charge in [-0.3, -0.25) is 19.7 Å². The van der Waals surface area contributed by atoms with E-state index >= 15 is 0 Å². The summed E-state index contributed by atoms with van der Waals surface area (Å²) in [6, 6.07) is 9.30. The minimum atomic E-state index is -0.620. The van der Waals surface area contributed by atoms with Crippen molar-refractivity contribution in [2.45, 2.75) is 25.0 Å². The number of amides is 2. The SMILES string of the molecule is Cc1cc([N+](=O)[O-])ccc1NC(=O)CSc1nnc(C(C)NC(=O)c2ccccc2F)n1C. The smallest absolute Gasteiger partial charge is 0.269 e. The lowest BCUT2D eigenvalue weighted by molar-refractivity contribution is -0.384. The third-order valence-electron chi connectivity index (χ3n) is 4.75. The van der Waals surface area contributed by atoms with Gasteiger partial charge in [0.05, 0.1) is 22.3 Å². The van der Waals surface area contributed by atoms with Crippen molar-refractivity contribution in [1.82, 2.24) is 20.1 Å². The number of nitrogens with one attached hydrogen (secondary N) is 2. The zero-order valence-electron chi connectivity index (χ0n) is 18.0. The molecule has 2 amide bonds. The van der Waals surface area contributed by atoms with Crippen molar-refractivity contribution in [2.24, 2.45) is 7.05 Å². The molecular weight excluding hydrogens is 451 g/mol. The molecule has 2 N–H and O–H groups in total. The van der Waals surface area contributed by atoms with Crippen molar-refractivity contribution in [3.05, 3.63) is 75.3 Å². The van der Waals surface area contributed by atoms with Gasteiger partial charge in [-0.2, -0.15) is 0 Å². The molecule has 0 radical (unpaired) electrons. The molecule has 0 saturated carbocycles. The fourth-order valence-corrected chi connectivity index (χ4v) is 3.75. The zero-order valence-corrected chi connectivity index (χ0v) is 18.9. The van der Waals surface area contributed by atoms with Crippen LogP contribution in [0, 0.1) is 22.9 Å². The van der Waals surface area contributed by atoms with Gasteiger partial charge in [0.15, 0.2) is 11.0 Å². The van der Waals surface area contributed by atoms with E-state index in [0.717, 1.165) is 11.8 Å². The van der Waals surface area contributed by atoms with Crippen LogP contribution >= 0.6 is 11.8 Å². The predicted octanol–water partition coefficient (Wildman–Crippen LogP) is 3.39. The molecule has 12 heteroatoms. The quantitative estimate of drug-likeness (QED) is 0.292. The van der Waals surface area contributed by atoms with Crippen LogP contribution in [0.4, 0.5) is 15.8 Å². The maximum absolute atomic E-state index is 13.8. The highest BCUT2D eigenvalue weighted by atomic mass is 32.2. The number of nitro groups is 1. The van der Waals surface area contributed by atoms with Gasteiger partial charge in [-0.15, -0.1) is 10.2 Å². The number of rotatable bonds is 8. The van der Waals surface area contributed by atoms with Crippen LogP contribution in [0.3, 0.4) is 0 Å². The Morgan fingerprint density at radius 2 is 1.97 bits per heavy atom. The Hall–Kier alpha value is -3.80. The number of halogens is 1. The van der Waals surface area contributed by atoms with Crippen LogP contribution in [0.1, 0.15) is 34.7 Å². The molecule has 0 spiro atoms. The van der Waals surface area contributed by atoms with Crippen LogP contribution in [-0.2, 0) is 11.8 Å². The van der Waals surface area contributed by atoms with Crippen LogP contribution < -0.4 is 10.6 Å². The highest BCUT2D eigenvalue weighted by Gasteiger charge is 2.20. The number of carbonyl (C=O) groups is 2. The average molecular weight is 473 g/mol. The first-order chi connectivity index (χ1) is 15.7. The van der Waals surface area contributed by atoms with Gasteiger partial charge in [-0.1, -0.05) is 23.9 Å². The van der Waals surface area contributed by atoms with E-state index in [2.05, 4.69) is 20.8 Å². The first-order valence-electron chi connectivity index (χ1n) is 9.79. The van der Waals surface area contributed by atoms with Crippen molar-refractivity contribution < 1.29 is 18.9 Å². The first kappa shape index (κ1) is 23.9. The topological polar surface area (TPSA) is 132 Å². The maximum atomic E-state index is 13.8. The second-order valence-corrected chi connectivity index (χ2v) is 8.11. The summed E-state index contributed by atoms with van der Waals surface area (Å²) in [4.78, 5) is 35.0. The monoisotopic (exact) mass is 472 g/mol. The highest BCUT2D eigenvalue weighted by molar-refractivity contribution is 7.99. The number of aryl methyl sites for hydroxylation is 1. The van der Waals surface area contributed by atoms with Crippen molar-refractivity contribution in [2.75, 3.05) is 11.1 Å². The molecular formula is C21H21FN6O4S. The van der Waals surface area contributed by atoms with Gasteiger partial charge in [0.1, 0.15) is 5.82 Å². The maximum Gasteiger partial charge on any atom is 0.269 e. The lowest BCUT2D eigenvalue weighted by Gasteiger charge is -2.14. The molecule has 33 heavy (non-hydrogen) atoms. The molecule has 1 unspecified atom stereocenters. The fraction of sp³-hybridized carbons (Fsp3) is 0.238. The van der Waals surface area contributed by atoms with E-state index in [-0.39, 0.29) is 22.9 Å². The van der Waals surface area contributed by atoms with E-state index in [1.54, 1.807) is 31.5 Å². The summed E-state index contributed by atoms with van der Waals surface area (Å²) in [6.45, 7) is 3.36. The molecule has 0 aliphatic rings. The summed E-state index contributed by atoms with van der Waals surface area (Å²) in [6.07, 6.45) is 0. The molecule has 10 nitrogen and oxygen atoms in total. The molecule has 0 aliphatic heterocycles. The number of benzene rings is 2. The van der Waals surface area contributed by atoms with E-state index in [1.165, 1.54) is 36.4 Å². The molecule has 3 rings (SSSR count). The lowest BCUT2D eigenvalue weighted by Crippen LogP contribution is -2.29. The zero-order chi connectivity index (χ0) is 24.1. The first-order valence-corrected chi connectivity index (χ1v) is 10.8. The van der Waals surface area contributed by atoms with Gasteiger partial charge in [-0.05, 0) is 37.6 Å². The number of carbonyl (C=O) groups excluding carboxylic acids is 2. The Bertz CT molecular complexity index is 1220. The molecule has 2 aromatic carbocycles. The van der Waals surface area contributed by atoms with Gasteiger partial charge in [0, 0.05) is 24.9 Å². The van der Waals surface area contributed by atoms with Gasteiger partial charge in [-0.25, -0.2) is 4.39 Å². The Labute approximate surface area is 192 Å². The third kappa shape index (κ3) is 5.71. The average Bonchev–Trinajstić information content (AvgIpc) is 3.14.